The van der Waals surface area contributed by atoms with Crippen molar-refractivity contribution in [3.63, 3.8) is 0 Å². The number of carbonyl (C=O) groups excluding carboxylic acids is 1. The normalized spacial score (nSPS) is 10.0. The van der Waals surface area contributed by atoms with Gasteiger partial charge < -0.3 is 10.1 Å². The Morgan fingerprint density at radius 3 is 2.52 bits per heavy atom. The van der Waals surface area contributed by atoms with E-state index in [-0.39, 0.29) is 10.9 Å². The molecule has 0 bridgehead atoms. The number of rotatable bonds is 4. The smallest absolute Gasteiger partial charge is 0.387 e. The molecule has 120 valence electrons. The maximum atomic E-state index is 12.0. The van der Waals surface area contributed by atoms with Gasteiger partial charge in [0, 0.05) is 18.1 Å². The van der Waals surface area contributed by atoms with Gasteiger partial charge in [-0.1, -0.05) is 0 Å². The van der Waals surface area contributed by atoms with Crippen molar-refractivity contribution in [2.45, 2.75) is 6.61 Å². The van der Waals surface area contributed by atoms with E-state index < -0.39 is 12.5 Å². The third-order valence-corrected chi connectivity index (χ3v) is 2.75. The minimum Gasteiger partial charge on any atom is -0.435 e. The number of nitrogens with zero attached hydrogens (tertiary/aromatic N) is 1. The number of aromatic nitrogens is 1. The van der Waals surface area contributed by atoms with Crippen molar-refractivity contribution in [2.24, 2.45) is 0 Å². The van der Waals surface area contributed by atoms with E-state index in [1.165, 1.54) is 30.5 Å². The number of pyridine rings is 1. The first-order valence-electron chi connectivity index (χ1n) is 6.37. The highest BCUT2D eigenvalue weighted by Crippen LogP contribution is 2.17. The zero-order chi connectivity index (χ0) is 16.7. The molecule has 2 rings (SSSR count). The Morgan fingerprint density at radius 1 is 1.17 bits per heavy atom. The minimum absolute atomic E-state index is 0.0364. The van der Waals surface area contributed by atoms with Crippen LogP contribution in [0.15, 0.2) is 48.8 Å². The Kier molecular flexibility index (Phi) is 5.75. The maximum absolute atomic E-state index is 12.0. The second kappa shape index (κ2) is 7.99. The quantitative estimate of drug-likeness (QED) is 0.587. The number of hydrogen-bond acceptors (Lipinski definition) is 4. The van der Waals surface area contributed by atoms with Gasteiger partial charge in [0.2, 0.25) is 0 Å². The fourth-order valence-corrected chi connectivity index (χ4v) is 1.73. The van der Waals surface area contributed by atoms with Crippen molar-refractivity contribution in [1.82, 2.24) is 15.8 Å². The summed E-state index contributed by atoms with van der Waals surface area (Å²) in [6.45, 7) is -2.88. The van der Waals surface area contributed by atoms with Crippen LogP contribution in [-0.2, 0) is 0 Å². The van der Waals surface area contributed by atoms with Gasteiger partial charge in [0.1, 0.15) is 5.75 Å². The number of amides is 1. The summed E-state index contributed by atoms with van der Waals surface area (Å²) in [6.07, 6.45) is 2.97. The van der Waals surface area contributed by atoms with Crippen LogP contribution in [-0.4, -0.2) is 22.6 Å². The van der Waals surface area contributed by atoms with Gasteiger partial charge in [0.15, 0.2) is 5.11 Å². The van der Waals surface area contributed by atoms with Crippen molar-refractivity contribution >= 4 is 28.9 Å². The minimum atomic E-state index is -2.88. The summed E-state index contributed by atoms with van der Waals surface area (Å²) in [7, 11) is 0. The second-order valence-corrected chi connectivity index (χ2v) is 4.59. The number of halogens is 2. The lowest BCUT2D eigenvalue weighted by Gasteiger charge is -2.12. The summed E-state index contributed by atoms with van der Waals surface area (Å²) >= 11 is 5.00. The molecule has 0 radical (unpaired) electrons. The predicted octanol–water partition coefficient (Wildman–Crippen LogP) is 2.31. The lowest BCUT2D eigenvalue weighted by molar-refractivity contribution is -0.0498. The molecule has 0 aliphatic rings. The first-order chi connectivity index (χ1) is 11.0. The molecule has 6 nitrogen and oxygen atoms in total. The highest BCUT2D eigenvalue weighted by Gasteiger charge is 2.06. The van der Waals surface area contributed by atoms with Gasteiger partial charge in [0.05, 0.1) is 5.56 Å². The van der Waals surface area contributed by atoms with Crippen LogP contribution in [0, 0.1) is 0 Å². The average Bonchev–Trinajstić information content (AvgIpc) is 2.55. The molecule has 0 saturated carbocycles. The van der Waals surface area contributed by atoms with Crippen LogP contribution in [0.1, 0.15) is 10.4 Å². The molecule has 23 heavy (non-hydrogen) atoms. The lowest BCUT2D eigenvalue weighted by atomic mass is 10.3. The molecule has 1 aromatic heterocycles. The van der Waals surface area contributed by atoms with E-state index in [2.05, 4.69) is 25.9 Å². The number of nitrogens with one attached hydrogen (secondary N) is 3. The van der Waals surface area contributed by atoms with E-state index in [9.17, 15) is 13.6 Å². The third-order valence-electron chi connectivity index (χ3n) is 2.55. The van der Waals surface area contributed by atoms with Crippen molar-refractivity contribution in [1.29, 1.82) is 0 Å². The highest BCUT2D eigenvalue weighted by molar-refractivity contribution is 7.80. The molecule has 0 spiro atoms. The number of hydrazine groups is 1. The highest BCUT2D eigenvalue weighted by atomic mass is 32.1. The van der Waals surface area contributed by atoms with E-state index in [4.69, 9.17) is 12.2 Å². The van der Waals surface area contributed by atoms with Crippen LogP contribution < -0.4 is 20.9 Å². The molecular weight excluding hydrogens is 326 g/mol. The van der Waals surface area contributed by atoms with Gasteiger partial charge >= 0.3 is 6.61 Å². The van der Waals surface area contributed by atoms with Gasteiger partial charge in [-0.15, -0.1) is 0 Å². The van der Waals surface area contributed by atoms with Crippen LogP contribution in [0.5, 0.6) is 5.75 Å². The number of anilines is 1. The molecular formula is C14H12F2N4O2S. The lowest BCUT2D eigenvalue weighted by Crippen LogP contribution is -2.43. The van der Waals surface area contributed by atoms with Crippen LogP contribution in [0.4, 0.5) is 14.5 Å². The number of carbonyl (C=O) groups is 1. The standard InChI is InChI=1S/C14H12F2N4O2S/c15-13(16)22-11-5-3-10(4-6-11)18-14(23)20-19-12(21)9-2-1-7-17-8-9/h1-8,13H,(H,19,21)(H2,18,20,23). The Morgan fingerprint density at radius 2 is 1.91 bits per heavy atom. The van der Waals surface area contributed by atoms with E-state index in [0.717, 1.165) is 0 Å². The van der Waals surface area contributed by atoms with Crippen molar-refractivity contribution in [3.8, 4) is 5.75 Å². The van der Waals surface area contributed by atoms with Crippen molar-refractivity contribution in [2.75, 3.05) is 5.32 Å². The Hall–Kier alpha value is -2.81. The van der Waals surface area contributed by atoms with Crippen LogP contribution in [0.3, 0.4) is 0 Å². The van der Waals surface area contributed by atoms with Gasteiger partial charge in [-0.3, -0.25) is 20.6 Å². The first-order valence-corrected chi connectivity index (χ1v) is 6.77. The largest absolute Gasteiger partial charge is 0.435 e. The molecule has 0 atom stereocenters. The fraction of sp³-hybridized carbons (Fsp3) is 0.0714. The van der Waals surface area contributed by atoms with E-state index in [0.29, 0.717) is 11.3 Å². The van der Waals surface area contributed by atoms with E-state index in [1.54, 1.807) is 18.3 Å². The fourth-order valence-electron chi connectivity index (χ4n) is 1.56. The molecule has 0 saturated heterocycles. The number of alkyl halides is 2. The van der Waals surface area contributed by atoms with Crippen LogP contribution in [0.2, 0.25) is 0 Å². The predicted molar refractivity (Wildman–Crippen MR) is 84.1 cm³/mol. The molecule has 0 aliphatic carbocycles. The van der Waals surface area contributed by atoms with Gasteiger partial charge in [0.25, 0.3) is 5.91 Å². The molecule has 9 heteroatoms. The summed E-state index contributed by atoms with van der Waals surface area (Å²) < 4.78 is 28.3. The number of hydrogen-bond donors (Lipinski definition) is 3. The van der Waals surface area contributed by atoms with Crippen molar-refractivity contribution < 1.29 is 18.3 Å². The second-order valence-electron chi connectivity index (χ2n) is 4.18. The molecule has 1 amide bonds. The van der Waals surface area contributed by atoms with E-state index in [1.807, 2.05) is 0 Å². The van der Waals surface area contributed by atoms with Gasteiger partial charge in [-0.25, -0.2) is 0 Å². The SMILES string of the molecule is O=C(NNC(=S)Nc1ccc(OC(F)F)cc1)c1cccnc1. The van der Waals surface area contributed by atoms with Crippen molar-refractivity contribution in [3.05, 3.63) is 54.4 Å². The Balaban J connectivity index is 1.81. The first kappa shape index (κ1) is 16.6. The molecule has 1 heterocycles. The summed E-state index contributed by atoms with van der Waals surface area (Å²) in [5.41, 5.74) is 5.83. The molecule has 1 aromatic carbocycles. The van der Waals surface area contributed by atoms with Crippen LogP contribution in [0.25, 0.3) is 0 Å². The number of ether oxygens (including phenoxy) is 1. The zero-order valence-electron chi connectivity index (χ0n) is 11.6. The average molecular weight is 338 g/mol. The Bertz CT molecular complexity index is 668. The molecule has 3 N–H and O–H groups in total. The van der Waals surface area contributed by atoms with E-state index >= 15 is 0 Å². The Labute approximate surface area is 135 Å². The van der Waals surface area contributed by atoms with Crippen LogP contribution >= 0.6 is 12.2 Å². The van der Waals surface area contributed by atoms with Gasteiger partial charge in [-0.05, 0) is 48.6 Å². The summed E-state index contributed by atoms with van der Waals surface area (Å²) in [6, 6.07) is 8.98. The molecule has 0 aliphatic heterocycles. The summed E-state index contributed by atoms with van der Waals surface area (Å²) in [4.78, 5) is 15.6. The third kappa shape index (κ3) is 5.47. The monoisotopic (exact) mass is 338 g/mol. The summed E-state index contributed by atoms with van der Waals surface area (Å²) in [5, 5.41) is 2.91. The molecule has 2 aromatic rings. The molecule has 0 unspecified atom stereocenters. The summed E-state index contributed by atoms with van der Waals surface area (Å²) in [5.74, 6) is -0.364. The number of thiocarbonyl (C=S) groups is 1. The topological polar surface area (TPSA) is 75.3 Å². The zero-order valence-corrected chi connectivity index (χ0v) is 12.4. The molecule has 0 fully saturated rings. The number of benzene rings is 1. The van der Waals surface area contributed by atoms with Gasteiger partial charge in [-0.2, -0.15) is 8.78 Å². The maximum Gasteiger partial charge on any atom is 0.387 e.